The van der Waals surface area contributed by atoms with Gasteiger partial charge in [0.2, 0.25) is 6.29 Å². The average Bonchev–Trinajstić information content (AvgIpc) is 3.02. The van der Waals surface area contributed by atoms with E-state index < -0.39 is 72.7 Å². The topological polar surface area (TPSA) is 251 Å². The summed E-state index contributed by atoms with van der Waals surface area (Å²) >= 11 is 0. The lowest BCUT2D eigenvalue weighted by Crippen LogP contribution is -2.68. The van der Waals surface area contributed by atoms with Crippen molar-refractivity contribution in [3.05, 3.63) is 11.8 Å². The van der Waals surface area contributed by atoms with Gasteiger partial charge in [0.05, 0.1) is 25.2 Å². The third kappa shape index (κ3) is 13.8. The minimum Gasteiger partial charge on any atom is -0.481 e. The molecule has 0 aromatic heterocycles. The number of aliphatic hydroxyl groups is 3. The van der Waals surface area contributed by atoms with Crippen LogP contribution in [-0.2, 0) is 23.7 Å². The zero-order valence-corrected chi connectivity index (χ0v) is 28.8. The highest BCUT2D eigenvalue weighted by Gasteiger charge is 2.50. The zero-order chi connectivity index (χ0) is 35.0. The Morgan fingerprint density at radius 2 is 1.45 bits per heavy atom. The largest absolute Gasteiger partial charge is 0.481 e. The summed E-state index contributed by atoms with van der Waals surface area (Å²) in [5.74, 6) is -0.102. The normalized spacial score (nSPS) is 35.7. The third-order valence-electron chi connectivity index (χ3n) is 9.22. The summed E-state index contributed by atoms with van der Waals surface area (Å²) in [6.07, 6.45) is 10.8. The summed E-state index contributed by atoms with van der Waals surface area (Å²) in [6, 6.07) is -2.37. The fourth-order valence-corrected chi connectivity index (χ4v) is 6.38. The highest BCUT2D eigenvalue weighted by molar-refractivity contribution is 5.66. The maximum absolute atomic E-state index is 11.0. The van der Waals surface area contributed by atoms with Gasteiger partial charge in [0.25, 0.3) is 0 Å². The fourth-order valence-electron chi connectivity index (χ4n) is 6.38. The van der Waals surface area contributed by atoms with Gasteiger partial charge in [-0.15, -0.1) is 0 Å². The van der Waals surface area contributed by atoms with Gasteiger partial charge in [-0.2, -0.15) is 0 Å². The molecule has 1 saturated carbocycles. The number of hydrogen-bond donors (Lipinski definition) is 9. The Bertz CT molecular complexity index is 914. The molecule has 14 nitrogen and oxygen atoms in total. The van der Waals surface area contributed by atoms with Gasteiger partial charge < -0.3 is 67.6 Å². The Morgan fingerprint density at radius 3 is 1.96 bits per heavy atom. The molecule has 1 saturated heterocycles. The minimum atomic E-state index is -1.29. The van der Waals surface area contributed by atoms with Crippen molar-refractivity contribution in [3.8, 4) is 0 Å². The molecule has 11 atom stereocenters. The van der Waals surface area contributed by atoms with Crippen LogP contribution in [0.3, 0.4) is 0 Å². The zero-order valence-electron chi connectivity index (χ0n) is 28.8. The molecule has 0 spiro atoms. The number of aliphatic carboxylic acids is 1. The van der Waals surface area contributed by atoms with Gasteiger partial charge in [-0.05, 0) is 39.3 Å². The Balaban J connectivity index is 0.000000407. The molecule has 0 amide bonds. The SMILES string of the molecule is CCCCCCCCCCCCCC(=O)O.CN[C@@H]1[C@@H](O)[C@@H](O[C@@H]2[C@@H](O)[C@H](OC3OC(CN)=CCC3N)[C@@H](N)C[C@H]2N)OC[C@]1(C)O. The van der Waals surface area contributed by atoms with Gasteiger partial charge in [-0.3, -0.25) is 4.79 Å². The predicted molar refractivity (Wildman–Crippen MR) is 179 cm³/mol. The van der Waals surface area contributed by atoms with Crippen LogP contribution in [0.1, 0.15) is 104 Å². The van der Waals surface area contributed by atoms with Crippen LogP contribution in [0, 0.1) is 0 Å². The standard InChI is InChI=1S/C19H37N5O7.C14H28O2/c1-19(27)7-28-18(13(26)16(19)24-2)31-15-11(23)5-10(22)14(12(15)25)30-17-9(21)4-3-8(6-20)29-17;1-2-3-4-5-6-7-8-9-10-11-12-13-14(15)16/h3,9-18,24-27H,4-7,20-23H2,1-2H3;2-13H2,1H3,(H,15,16)/t9?,10-,11+,12-,13+,14+,15-,16+,17?,18+,19-;/m0./s1. The molecule has 47 heavy (non-hydrogen) atoms. The van der Waals surface area contributed by atoms with Gasteiger partial charge >= 0.3 is 5.97 Å². The Hall–Kier alpha value is -1.43. The minimum absolute atomic E-state index is 0.0727. The second-order valence-corrected chi connectivity index (χ2v) is 13.5. The van der Waals surface area contributed by atoms with Crippen molar-refractivity contribution in [2.45, 2.75) is 171 Å². The first-order chi connectivity index (χ1) is 22.4. The summed E-state index contributed by atoms with van der Waals surface area (Å²) in [5.41, 5.74) is 22.9. The molecule has 2 heterocycles. The highest BCUT2D eigenvalue weighted by Crippen LogP contribution is 2.31. The van der Waals surface area contributed by atoms with Crippen LogP contribution in [0.15, 0.2) is 11.8 Å². The van der Waals surface area contributed by atoms with E-state index in [1.54, 1.807) is 20.0 Å². The van der Waals surface area contributed by atoms with Crippen molar-refractivity contribution in [1.29, 1.82) is 0 Å². The molecule has 2 fully saturated rings. The molecule has 0 radical (unpaired) electrons. The van der Waals surface area contributed by atoms with Gasteiger partial charge in [-0.1, -0.05) is 71.1 Å². The first-order valence-electron chi connectivity index (χ1n) is 17.6. The van der Waals surface area contributed by atoms with Crippen LogP contribution in [0.4, 0.5) is 0 Å². The van der Waals surface area contributed by atoms with Crippen LogP contribution in [0.2, 0.25) is 0 Å². The number of unbranched alkanes of at least 4 members (excludes halogenated alkanes) is 10. The molecule has 0 bridgehead atoms. The number of nitrogens with two attached hydrogens (primary N) is 4. The first-order valence-corrected chi connectivity index (χ1v) is 17.6. The number of aliphatic hydroxyl groups excluding tert-OH is 2. The molecule has 13 N–H and O–H groups in total. The molecule has 3 aliphatic rings. The number of likely N-dealkylation sites (N-methyl/N-ethyl adjacent to an activating group) is 1. The number of carboxylic acid groups (broad SMARTS) is 1. The van der Waals surface area contributed by atoms with Crippen molar-refractivity contribution in [3.63, 3.8) is 0 Å². The van der Waals surface area contributed by atoms with Crippen molar-refractivity contribution in [2.24, 2.45) is 22.9 Å². The number of carbonyl (C=O) groups is 1. The molecule has 0 aromatic carbocycles. The molecular formula is C33H65N5O9. The van der Waals surface area contributed by atoms with Crippen LogP contribution in [-0.4, -0.2) is 113 Å². The second-order valence-electron chi connectivity index (χ2n) is 13.5. The average molecular weight is 676 g/mol. The lowest BCUT2D eigenvalue weighted by molar-refractivity contribution is -0.303. The maximum atomic E-state index is 11.0. The Kier molecular flexibility index (Phi) is 19.2. The summed E-state index contributed by atoms with van der Waals surface area (Å²) in [5, 5.41) is 43.4. The van der Waals surface area contributed by atoms with Gasteiger partial charge in [0.15, 0.2) is 6.29 Å². The van der Waals surface area contributed by atoms with E-state index in [0.717, 1.165) is 12.8 Å². The van der Waals surface area contributed by atoms with E-state index >= 15 is 0 Å². The predicted octanol–water partition coefficient (Wildman–Crippen LogP) is 0.921. The lowest BCUT2D eigenvalue weighted by Gasteiger charge is -2.48. The summed E-state index contributed by atoms with van der Waals surface area (Å²) in [7, 11) is 1.62. The Labute approximate surface area is 280 Å². The van der Waals surface area contributed by atoms with E-state index in [-0.39, 0.29) is 13.2 Å². The molecular weight excluding hydrogens is 610 g/mol. The number of carboxylic acids is 1. The quantitative estimate of drug-likeness (QED) is 0.0917. The Morgan fingerprint density at radius 1 is 0.915 bits per heavy atom. The van der Waals surface area contributed by atoms with Crippen LogP contribution in [0.5, 0.6) is 0 Å². The van der Waals surface area contributed by atoms with Crippen LogP contribution in [0.25, 0.3) is 0 Å². The number of rotatable bonds is 18. The number of hydrogen-bond acceptors (Lipinski definition) is 13. The van der Waals surface area contributed by atoms with Crippen molar-refractivity contribution >= 4 is 5.97 Å². The molecule has 2 unspecified atom stereocenters. The second kappa shape index (κ2) is 21.6. The van der Waals surface area contributed by atoms with E-state index in [4.69, 9.17) is 47.0 Å². The summed E-state index contributed by atoms with van der Waals surface area (Å²) < 4.78 is 23.1. The number of ether oxygens (including phenoxy) is 4. The van der Waals surface area contributed by atoms with E-state index in [2.05, 4.69) is 12.2 Å². The van der Waals surface area contributed by atoms with E-state index in [0.29, 0.717) is 25.0 Å². The molecule has 276 valence electrons. The smallest absolute Gasteiger partial charge is 0.303 e. The lowest BCUT2D eigenvalue weighted by atomic mass is 9.84. The fraction of sp³-hybridized carbons (Fsp3) is 0.909. The van der Waals surface area contributed by atoms with Crippen LogP contribution < -0.4 is 28.3 Å². The van der Waals surface area contributed by atoms with Crippen molar-refractivity contribution < 1.29 is 44.2 Å². The maximum Gasteiger partial charge on any atom is 0.303 e. The van der Waals surface area contributed by atoms with Gasteiger partial charge in [-0.25, -0.2) is 0 Å². The molecule has 0 aromatic rings. The van der Waals surface area contributed by atoms with E-state index in [1.807, 2.05) is 0 Å². The molecule has 1 aliphatic carbocycles. The molecule has 3 rings (SSSR count). The van der Waals surface area contributed by atoms with E-state index in [9.17, 15) is 20.1 Å². The van der Waals surface area contributed by atoms with Gasteiger partial charge in [0, 0.05) is 18.5 Å². The monoisotopic (exact) mass is 675 g/mol. The third-order valence-corrected chi connectivity index (χ3v) is 9.22. The number of nitrogens with one attached hydrogen (secondary N) is 1. The van der Waals surface area contributed by atoms with E-state index in [1.165, 1.54) is 57.8 Å². The van der Waals surface area contributed by atoms with Crippen molar-refractivity contribution in [1.82, 2.24) is 5.32 Å². The molecule has 14 heteroatoms. The van der Waals surface area contributed by atoms with Crippen molar-refractivity contribution in [2.75, 3.05) is 20.2 Å². The summed E-state index contributed by atoms with van der Waals surface area (Å²) in [4.78, 5) is 10.3. The first kappa shape index (κ1) is 41.7. The highest BCUT2D eigenvalue weighted by atomic mass is 16.7. The summed E-state index contributed by atoms with van der Waals surface area (Å²) in [6.45, 7) is 3.93. The van der Waals surface area contributed by atoms with Crippen LogP contribution >= 0.6 is 0 Å². The molecule has 2 aliphatic heterocycles. The van der Waals surface area contributed by atoms with Gasteiger partial charge in [0.1, 0.15) is 35.8 Å².